The highest BCUT2D eigenvalue weighted by molar-refractivity contribution is 5.44. The SMILES string of the molecule is CCCN(C)NNNC=O. The van der Waals surface area contributed by atoms with Crippen molar-refractivity contribution in [2.45, 2.75) is 13.3 Å². The van der Waals surface area contributed by atoms with Crippen LogP contribution in [0.4, 0.5) is 0 Å². The van der Waals surface area contributed by atoms with Gasteiger partial charge in [0.25, 0.3) is 0 Å². The number of hydrogen-bond acceptors (Lipinski definition) is 4. The molecule has 0 bridgehead atoms. The molecular formula is C5H14N4O. The fourth-order valence-corrected chi connectivity index (χ4v) is 0.548. The van der Waals surface area contributed by atoms with Gasteiger partial charge in [0.15, 0.2) is 0 Å². The smallest absolute Gasteiger partial charge is 0.222 e. The van der Waals surface area contributed by atoms with Gasteiger partial charge in [-0.1, -0.05) is 6.92 Å². The molecule has 0 aromatic carbocycles. The number of nitrogens with one attached hydrogen (secondary N) is 3. The molecule has 0 fully saturated rings. The van der Waals surface area contributed by atoms with Crippen molar-refractivity contribution in [1.29, 1.82) is 0 Å². The Morgan fingerprint density at radius 3 is 2.80 bits per heavy atom. The summed E-state index contributed by atoms with van der Waals surface area (Å²) in [5, 5.41) is 1.83. The topological polar surface area (TPSA) is 56.4 Å². The number of nitrogens with zero attached hydrogens (tertiary/aromatic N) is 1. The van der Waals surface area contributed by atoms with E-state index in [-0.39, 0.29) is 0 Å². The number of carbonyl (C=O) groups excluding carboxylic acids is 1. The van der Waals surface area contributed by atoms with Crippen molar-refractivity contribution in [3.05, 3.63) is 0 Å². The molecule has 5 nitrogen and oxygen atoms in total. The van der Waals surface area contributed by atoms with Gasteiger partial charge in [-0.05, 0) is 6.42 Å². The molecule has 10 heavy (non-hydrogen) atoms. The molecule has 0 atom stereocenters. The van der Waals surface area contributed by atoms with E-state index >= 15 is 0 Å². The van der Waals surface area contributed by atoms with Crippen LogP contribution in [0.25, 0.3) is 0 Å². The Labute approximate surface area is 60.7 Å². The predicted octanol–water partition coefficient (Wildman–Crippen LogP) is -1.00. The second kappa shape index (κ2) is 6.47. The molecule has 0 aliphatic rings. The van der Waals surface area contributed by atoms with Gasteiger partial charge in [-0.3, -0.25) is 10.2 Å². The molecular weight excluding hydrogens is 132 g/mol. The second-order valence-corrected chi connectivity index (χ2v) is 1.92. The summed E-state index contributed by atoms with van der Waals surface area (Å²) in [5.41, 5.74) is 7.46. The minimum Gasteiger partial charge on any atom is -0.279 e. The molecule has 3 N–H and O–H groups in total. The van der Waals surface area contributed by atoms with Crippen LogP contribution in [0.1, 0.15) is 13.3 Å². The van der Waals surface area contributed by atoms with Crippen molar-refractivity contribution < 1.29 is 4.79 Å². The summed E-state index contributed by atoms with van der Waals surface area (Å²) in [4.78, 5) is 9.71. The van der Waals surface area contributed by atoms with Crippen molar-refractivity contribution >= 4 is 6.41 Å². The molecule has 0 heterocycles. The normalized spacial score (nSPS) is 9.90. The summed E-state index contributed by atoms with van der Waals surface area (Å²) in [6, 6.07) is 0. The molecule has 60 valence electrons. The molecule has 5 heteroatoms. The van der Waals surface area contributed by atoms with Crippen molar-refractivity contribution in [1.82, 2.24) is 21.5 Å². The van der Waals surface area contributed by atoms with Crippen LogP contribution in [-0.2, 0) is 4.79 Å². The van der Waals surface area contributed by atoms with Gasteiger partial charge >= 0.3 is 0 Å². The Hall–Kier alpha value is -0.650. The summed E-state index contributed by atoms with van der Waals surface area (Å²) < 4.78 is 0. The number of carbonyl (C=O) groups is 1. The van der Waals surface area contributed by atoms with Gasteiger partial charge in [-0.25, -0.2) is 5.01 Å². The predicted molar refractivity (Wildman–Crippen MR) is 38.4 cm³/mol. The van der Waals surface area contributed by atoms with Gasteiger partial charge in [0.1, 0.15) is 0 Å². The lowest BCUT2D eigenvalue weighted by Crippen LogP contribution is -2.50. The average molecular weight is 146 g/mol. The van der Waals surface area contributed by atoms with E-state index in [2.05, 4.69) is 23.4 Å². The fraction of sp³-hybridized carbons (Fsp3) is 0.800. The van der Waals surface area contributed by atoms with Crippen LogP contribution in [-0.4, -0.2) is 25.0 Å². The minimum atomic E-state index is 0.562. The Morgan fingerprint density at radius 1 is 1.60 bits per heavy atom. The minimum absolute atomic E-state index is 0.562. The van der Waals surface area contributed by atoms with Crippen LogP contribution in [0, 0.1) is 0 Å². The number of rotatable bonds is 6. The van der Waals surface area contributed by atoms with E-state index in [9.17, 15) is 4.79 Å². The van der Waals surface area contributed by atoms with Gasteiger partial charge in [0.05, 0.1) is 0 Å². The second-order valence-electron chi connectivity index (χ2n) is 1.92. The van der Waals surface area contributed by atoms with Crippen LogP contribution >= 0.6 is 0 Å². The Morgan fingerprint density at radius 2 is 2.30 bits per heavy atom. The Bertz CT molecular complexity index is 87.7. The zero-order valence-corrected chi connectivity index (χ0v) is 6.35. The molecule has 0 unspecified atom stereocenters. The van der Waals surface area contributed by atoms with Crippen LogP contribution in [0.2, 0.25) is 0 Å². The van der Waals surface area contributed by atoms with Gasteiger partial charge in [-0.15, -0.1) is 0 Å². The summed E-state index contributed by atoms with van der Waals surface area (Å²) in [6.45, 7) is 3.00. The van der Waals surface area contributed by atoms with E-state index in [1.807, 2.05) is 12.1 Å². The quantitative estimate of drug-likeness (QED) is 0.255. The monoisotopic (exact) mass is 146 g/mol. The van der Waals surface area contributed by atoms with E-state index in [0.29, 0.717) is 6.41 Å². The number of amides is 1. The number of hydrogen-bond donors (Lipinski definition) is 3. The highest BCUT2D eigenvalue weighted by atomic mass is 16.1. The first kappa shape index (κ1) is 9.35. The van der Waals surface area contributed by atoms with Gasteiger partial charge in [0.2, 0.25) is 6.41 Å². The van der Waals surface area contributed by atoms with Crippen LogP contribution in [0.15, 0.2) is 0 Å². The third-order valence-electron chi connectivity index (χ3n) is 0.937. The third-order valence-corrected chi connectivity index (χ3v) is 0.937. The maximum atomic E-state index is 9.71. The fourth-order valence-electron chi connectivity index (χ4n) is 0.548. The van der Waals surface area contributed by atoms with Crippen LogP contribution in [0.3, 0.4) is 0 Å². The van der Waals surface area contributed by atoms with Crippen molar-refractivity contribution in [3.63, 3.8) is 0 Å². The van der Waals surface area contributed by atoms with E-state index < -0.39 is 0 Å². The summed E-state index contributed by atoms with van der Waals surface area (Å²) in [5.74, 6) is 0. The first-order valence-electron chi connectivity index (χ1n) is 3.22. The van der Waals surface area contributed by atoms with E-state index in [1.54, 1.807) is 0 Å². The first-order valence-corrected chi connectivity index (χ1v) is 3.22. The lowest BCUT2D eigenvalue weighted by molar-refractivity contribution is -0.111. The maximum Gasteiger partial charge on any atom is 0.222 e. The van der Waals surface area contributed by atoms with E-state index in [0.717, 1.165) is 13.0 Å². The van der Waals surface area contributed by atoms with Crippen LogP contribution < -0.4 is 16.5 Å². The molecule has 0 aromatic rings. The van der Waals surface area contributed by atoms with Gasteiger partial charge in [0, 0.05) is 13.6 Å². The number of hydrazine groups is 3. The largest absolute Gasteiger partial charge is 0.279 e. The molecule has 0 aliphatic heterocycles. The first-order chi connectivity index (χ1) is 4.81. The molecule has 0 rings (SSSR count). The summed E-state index contributed by atoms with van der Waals surface area (Å²) >= 11 is 0. The molecule has 0 radical (unpaired) electrons. The maximum absolute atomic E-state index is 9.71. The van der Waals surface area contributed by atoms with Gasteiger partial charge in [-0.2, -0.15) is 11.1 Å². The zero-order chi connectivity index (χ0) is 7.82. The Kier molecular flexibility index (Phi) is 6.05. The van der Waals surface area contributed by atoms with Crippen molar-refractivity contribution in [2.24, 2.45) is 0 Å². The molecule has 0 saturated heterocycles. The van der Waals surface area contributed by atoms with Gasteiger partial charge < -0.3 is 0 Å². The highest BCUT2D eigenvalue weighted by Crippen LogP contribution is 1.76. The molecule has 0 spiro atoms. The summed E-state index contributed by atoms with van der Waals surface area (Å²) in [6.07, 6.45) is 1.62. The van der Waals surface area contributed by atoms with Crippen LogP contribution in [0.5, 0.6) is 0 Å². The van der Waals surface area contributed by atoms with E-state index in [1.165, 1.54) is 0 Å². The molecule has 0 aliphatic carbocycles. The molecule has 1 amide bonds. The van der Waals surface area contributed by atoms with E-state index in [4.69, 9.17) is 0 Å². The van der Waals surface area contributed by atoms with Crippen molar-refractivity contribution in [2.75, 3.05) is 13.6 Å². The third kappa shape index (κ3) is 5.49. The zero-order valence-electron chi connectivity index (χ0n) is 6.35. The molecule has 0 aromatic heterocycles. The lowest BCUT2D eigenvalue weighted by Gasteiger charge is -2.16. The Balaban J connectivity index is 3.04. The van der Waals surface area contributed by atoms with Crippen molar-refractivity contribution in [3.8, 4) is 0 Å². The highest BCUT2D eigenvalue weighted by Gasteiger charge is 1.90. The molecule has 0 saturated carbocycles. The standard InChI is InChI=1S/C5H14N4O/c1-3-4-9(2)8-7-6-5-10/h5,7-8H,3-4H2,1-2H3,(H,6,10). The average Bonchev–Trinajstić information content (AvgIpc) is 1.89. The summed E-state index contributed by atoms with van der Waals surface area (Å²) in [7, 11) is 1.88. The lowest BCUT2D eigenvalue weighted by atomic mass is 10.5.